The van der Waals surface area contributed by atoms with E-state index in [4.69, 9.17) is 37.4 Å². The molecule has 12 heteroatoms. The van der Waals surface area contributed by atoms with Crippen LogP contribution in [-0.2, 0) is 25.2 Å². The molecule has 0 atom stereocenters. The number of ether oxygens (including phenoxy) is 3. The maximum absolute atomic E-state index is 13.1. The Kier molecular flexibility index (Phi) is 14.6. The largest absolute Gasteiger partial charge is 0.495 e. The summed E-state index contributed by atoms with van der Waals surface area (Å²) in [6.07, 6.45) is -4.53. The Morgan fingerprint density at radius 2 is 1.41 bits per heavy atom. The van der Waals surface area contributed by atoms with E-state index in [1.54, 1.807) is 14.0 Å². The van der Waals surface area contributed by atoms with Crippen LogP contribution in [0.5, 0.6) is 5.75 Å². The number of alkyl halides is 5. The number of halogens is 5. The molecule has 0 aliphatic heterocycles. The summed E-state index contributed by atoms with van der Waals surface area (Å²) in [6, 6.07) is 9.35. The van der Waals surface area contributed by atoms with Gasteiger partial charge in [0.2, 0.25) is 11.8 Å². The normalized spacial score (nSPS) is 11.1. The predicted molar refractivity (Wildman–Crippen MR) is 148 cm³/mol. The van der Waals surface area contributed by atoms with Gasteiger partial charge in [0.05, 0.1) is 30.2 Å². The second-order valence-corrected chi connectivity index (χ2v) is 9.01. The minimum Gasteiger partial charge on any atom is -0.495 e. The first-order valence-corrected chi connectivity index (χ1v) is 13.1. The second-order valence-electron chi connectivity index (χ2n) is 8.47. The molecule has 2 rings (SSSR count). The van der Waals surface area contributed by atoms with E-state index in [9.17, 15) is 22.8 Å². The van der Waals surface area contributed by atoms with Crippen molar-refractivity contribution in [2.24, 2.45) is 0 Å². The third-order valence-electron chi connectivity index (χ3n) is 5.30. The summed E-state index contributed by atoms with van der Waals surface area (Å²) in [5, 5.41) is 0. The Bertz CT molecular complexity index is 1080. The van der Waals surface area contributed by atoms with Crippen LogP contribution in [-0.4, -0.2) is 56.9 Å². The molecule has 0 bridgehead atoms. The quantitative estimate of drug-likeness (QED) is 0.218. The number of rotatable bonds is 11. The summed E-state index contributed by atoms with van der Waals surface area (Å²) in [4.78, 5) is 26.2. The molecule has 2 aromatic carbocycles. The van der Waals surface area contributed by atoms with Crippen LogP contribution in [0.15, 0.2) is 36.4 Å². The highest BCUT2D eigenvalue weighted by atomic mass is 35.5. The van der Waals surface area contributed by atoms with Crippen molar-refractivity contribution in [3.63, 3.8) is 0 Å². The molecule has 0 saturated heterocycles. The summed E-state index contributed by atoms with van der Waals surface area (Å²) in [7, 11) is 1.57. The van der Waals surface area contributed by atoms with E-state index in [2.05, 4.69) is 0 Å². The Labute approximate surface area is 237 Å². The first-order chi connectivity index (χ1) is 18.3. The average Bonchev–Trinajstić information content (AvgIpc) is 2.89. The molecule has 0 fully saturated rings. The fraction of sp³-hybridized carbons (Fsp3) is 0.481. The highest BCUT2D eigenvalue weighted by Gasteiger charge is 2.36. The molecule has 218 valence electrons. The van der Waals surface area contributed by atoms with Crippen molar-refractivity contribution in [2.75, 3.05) is 48.7 Å². The fourth-order valence-corrected chi connectivity index (χ4v) is 3.75. The highest BCUT2D eigenvalue weighted by molar-refractivity contribution is 6.30. The molecule has 0 N–H and O–H groups in total. The summed E-state index contributed by atoms with van der Waals surface area (Å²) >= 11 is 11.1. The van der Waals surface area contributed by atoms with Crippen LogP contribution in [0, 0.1) is 13.8 Å². The second kappa shape index (κ2) is 16.5. The van der Waals surface area contributed by atoms with E-state index in [1.807, 2.05) is 39.0 Å². The minimum atomic E-state index is -4.56. The first-order valence-electron chi connectivity index (χ1n) is 12.1. The lowest BCUT2D eigenvalue weighted by molar-refractivity contribution is -0.137. The Balaban J connectivity index is 0.000000391. The van der Waals surface area contributed by atoms with Crippen molar-refractivity contribution in [3.8, 4) is 5.75 Å². The van der Waals surface area contributed by atoms with Gasteiger partial charge < -0.3 is 14.2 Å². The van der Waals surface area contributed by atoms with Gasteiger partial charge in [-0.2, -0.15) is 13.2 Å². The summed E-state index contributed by atoms with van der Waals surface area (Å²) < 4.78 is 55.1. The van der Waals surface area contributed by atoms with Crippen LogP contribution in [0.1, 0.15) is 37.5 Å². The average molecular weight is 595 g/mol. The van der Waals surface area contributed by atoms with Crippen molar-refractivity contribution in [1.82, 2.24) is 0 Å². The van der Waals surface area contributed by atoms with Gasteiger partial charge in [0.15, 0.2) is 0 Å². The van der Waals surface area contributed by atoms with Crippen LogP contribution in [0.25, 0.3) is 0 Å². The fourth-order valence-electron chi connectivity index (χ4n) is 3.46. The summed E-state index contributed by atoms with van der Waals surface area (Å²) in [6.45, 7) is 9.11. The summed E-state index contributed by atoms with van der Waals surface area (Å²) in [5.74, 6) is -0.738. The maximum Gasteiger partial charge on any atom is 0.418 e. The lowest BCUT2D eigenvalue weighted by atomic mass is 10.1. The SMILES string of the molecule is CCOCN(C(=O)CCl)c1c(C)cccc1C(F)(F)F.COc1cccc(C)c1N(COC(C)C)C(=O)CCl. The molecular formula is C27H35Cl2F3N2O5. The van der Waals surface area contributed by atoms with Crippen molar-refractivity contribution in [2.45, 2.75) is 46.9 Å². The van der Waals surface area contributed by atoms with Crippen LogP contribution in [0.3, 0.4) is 0 Å². The first kappa shape index (κ1) is 34.5. The van der Waals surface area contributed by atoms with Crippen molar-refractivity contribution >= 4 is 46.4 Å². The zero-order valence-electron chi connectivity index (χ0n) is 22.9. The smallest absolute Gasteiger partial charge is 0.418 e. The van der Waals surface area contributed by atoms with E-state index in [0.29, 0.717) is 17.0 Å². The number of carbonyl (C=O) groups is 2. The van der Waals surface area contributed by atoms with Gasteiger partial charge in [0.1, 0.15) is 31.0 Å². The Morgan fingerprint density at radius 3 is 1.87 bits per heavy atom. The lowest BCUT2D eigenvalue weighted by Gasteiger charge is -2.26. The van der Waals surface area contributed by atoms with Gasteiger partial charge in [-0.05, 0) is 57.9 Å². The van der Waals surface area contributed by atoms with Gasteiger partial charge >= 0.3 is 6.18 Å². The van der Waals surface area contributed by atoms with Crippen molar-refractivity contribution in [1.29, 1.82) is 0 Å². The molecule has 0 radical (unpaired) electrons. The van der Waals surface area contributed by atoms with Crippen LogP contribution in [0.4, 0.5) is 24.5 Å². The third kappa shape index (κ3) is 10.2. The topological polar surface area (TPSA) is 68.3 Å². The van der Waals surface area contributed by atoms with Crippen molar-refractivity contribution < 1.29 is 37.0 Å². The van der Waals surface area contributed by atoms with E-state index in [0.717, 1.165) is 16.5 Å². The molecule has 2 amide bonds. The number of benzene rings is 2. The van der Waals surface area contributed by atoms with Crippen LogP contribution >= 0.6 is 23.2 Å². The number of hydrogen-bond donors (Lipinski definition) is 0. The van der Waals surface area contributed by atoms with Gasteiger partial charge in [-0.25, -0.2) is 0 Å². The molecule has 7 nitrogen and oxygen atoms in total. The predicted octanol–water partition coefficient (Wildman–Crippen LogP) is 6.54. The number of aryl methyl sites for hydroxylation is 2. The minimum absolute atomic E-state index is 0.0284. The third-order valence-corrected chi connectivity index (χ3v) is 5.75. The maximum atomic E-state index is 13.1. The molecule has 0 saturated carbocycles. The molecule has 0 aliphatic carbocycles. The number of para-hydroxylation sites is 2. The van der Waals surface area contributed by atoms with Gasteiger partial charge in [0, 0.05) is 6.61 Å². The lowest BCUT2D eigenvalue weighted by Crippen LogP contribution is -2.36. The zero-order chi connectivity index (χ0) is 29.8. The van der Waals surface area contributed by atoms with Crippen LogP contribution < -0.4 is 14.5 Å². The molecule has 39 heavy (non-hydrogen) atoms. The van der Waals surface area contributed by atoms with Gasteiger partial charge in [0.25, 0.3) is 0 Å². The van der Waals surface area contributed by atoms with Gasteiger partial charge in [-0.3, -0.25) is 19.4 Å². The zero-order valence-corrected chi connectivity index (χ0v) is 24.4. The summed E-state index contributed by atoms with van der Waals surface area (Å²) in [5.41, 5.74) is 0.884. The molecule has 0 heterocycles. The Morgan fingerprint density at radius 1 is 0.897 bits per heavy atom. The number of amides is 2. The van der Waals surface area contributed by atoms with E-state index in [1.165, 1.54) is 24.0 Å². The van der Waals surface area contributed by atoms with E-state index in [-0.39, 0.29) is 43.6 Å². The van der Waals surface area contributed by atoms with Gasteiger partial charge in [-0.1, -0.05) is 24.3 Å². The Hall–Kier alpha value is -2.53. The number of methoxy groups -OCH3 is 1. The number of anilines is 2. The number of hydrogen-bond acceptors (Lipinski definition) is 5. The van der Waals surface area contributed by atoms with E-state index >= 15 is 0 Å². The molecule has 2 aromatic rings. The molecular weight excluding hydrogens is 560 g/mol. The van der Waals surface area contributed by atoms with Crippen LogP contribution in [0.2, 0.25) is 0 Å². The standard InChI is InChI=1S/C14H20ClNO3.C13H15ClF3NO2/c1-10(2)19-9-16(13(17)8-15)14-11(3)6-5-7-12(14)18-4;1-3-20-8-18(11(19)7-14)12-9(2)5-4-6-10(12)13(15,16)17/h5-7,10H,8-9H2,1-4H3;4-6H,3,7-8H2,1-2H3. The number of nitrogens with zero attached hydrogens (tertiary/aromatic N) is 2. The monoisotopic (exact) mass is 594 g/mol. The highest BCUT2D eigenvalue weighted by Crippen LogP contribution is 2.38. The van der Waals surface area contributed by atoms with Gasteiger partial charge in [-0.15, -0.1) is 23.2 Å². The van der Waals surface area contributed by atoms with E-state index < -0.39 is 23.5 Å². The molecule has 0 unspecified atom stereocenters. The molecule has 0 aromatic heterocycles. The van der Waals surface area contributed by atoms with Crippen molar-refractivity contribution in [3.05, 3.63) is 53.1 Å². The molecule has 0 spiro atoms. The molecule has 0 aliphatic rings. The number of carbonyl (C=O) groups excluding carboxylic acids is 2.